The molecule has 4 rings (SSSR count). The zero-order valence-electron chi connectivity index (χ0n) is 13.9. The zero-order valence-corrected chi connectivity index (χ0v) is 14.8. The lowest BCUT2D eigenvalue weighted by Gasteiger charge is -2.35. The Morgan fingerprint density at radius 3 is 2.83 bits per heavy atom. The van der Waals surface area contributed by atoms with Gasteiger partial charge in [0.1, 0.15) is 5.69 Å². The molecule has 128 valence electrons. The van der Waals surface area contributed by atoms with Gasteiger partial charge in [-0.1, -0.05) is 0 Å². The van der Waals surface area contributed by atoms with E-state index in [0.717, 1.165) is 61.4 Å². The molecule has 1 N–H and O–H groups in total. The van der Waals surface area contributed by atoms with Gasteiger partial charge in [0.05, 0.1) is 11.7 Å². The summed E-state index contributed by atoms with van der Waals surface area (Å²) in [4.78, 5) is 16.3. The first-order chi connectivity index (χ1) is 11.8. The molecule has 0 aromatic carbocycles. The van der Waals surface area contributed by atoms with Gasteiger partial charge in [0, 0.05) is 37.0 Å². The number of hydrogen-bond donors (Lipinski definition) is 1. The first-order valence-electron chi connectivity index (χ1n) is 8.65. The standard InChI is InChI=1S/C17H23N5OS/c1-12-11-24-17(20-12)21-16-15(18-6-7-19-16)14-3-2-8-22(14)13-4-9-23-10-5-13/h6-7,11,13-14H,2-5,8-10H2,1H3,(H,19,20,21). The predicted molar refractivity (Wildman–Crippen MR) is 94.7 cm³/mol. The summed E-state index contributed by atoms with van der Waals surface area (Å²) in [5.41, 5.74) is 2.08. The van der Waals surface area contributed by atoms with E-state index < -0.39 is 0 Å². The monoisotopic (exact) mass is 345 g/mol. The van der Waals surface area contributed by atoms with Crippen LogP contribution in [0.5, 0.6) is 0 Å². The molecule has 6 nitrogen and oxygen atoms in total. The number of hydrogen-bond acceptors (Lipinski definition) is 7. The van der Waals surface area contributed by atoms with Crippen LogP contribution >= 0.6 is 11.3 Å². The molecule has 2 aromatic rings. The summed E-state index contributed by atoms with van der Waals surface area (Å²) in [7, 11) is 0. The second kappa shape index (κ2) is 7.13. The van der Waals surface area contributed by atoms with Crippen molar-refractivity contribution in [3.8, 4) is 0 Å². The fourth-order valence-electron chi connectivity index (χ4n) is 3.74. The Hall–Kier alpha value is -1.57. The Kier molecular flexibility index (Phi) is 4.73. The maximum Gasteiger partial charge on any atom is 0.188 e. The number of ether oxygens (including phenoxy) is 1. The van der Waals surface area contributed by atoms with Crippen LogP contribution in [0.1, 0.15) is 43.1 Å². The van der Waals surface area contributed by atoms with Crippen LogP contribution in [0.25, 0.3) is 0 Å². The number of anilines is 2. The SMILES string of the molecule is Cc1csc(Nc2nccnc2C2CCCN2C2CCOCC2)n1. The Morgan fingerprint density at radius 1 is 1.21 bits per heavy atom. The average Bonchev–Trinajstić information content (AvgIpc) is 3.25. The third kappa shape index (κ3) is 3.29. The maximum atomic E-state index is 5.53. The lowest BCUT2D eigenvalue weighted by molar-refractivity contribution is 0.0286. The molecule has 1 unspecified atom stereocenters. The van der Waals surface area contributed by atoms with Gasteiger partial charge in [-0.05, 0) is 39.2 Å². The van der Waals surface area contributed by atoms with Crippen molar-refractivity contribution in [2.24, 2.45) is 0 Å². The van der Waals surface area contributed by atoms with Crippen molar-refractivity contribution >= 4 is 22.3 Å². The van der Waals surface area contributed by atoms with Crippen LogP contribution in [0, 0.1) is 6.92 Å². The van der Waals surface area contributed by atoms with E-state index in [0.29, 0.717) is 12.1 Å². The van der Waals surface area contributed by atoms with E-state index in [1.54, 1.807) is 23.7 Å². The number of likely N-dealkylation sites (tertiary alicyclic amines) is 1. The highest BCUT2D eigenvalue weighted by atomic mass is 32.1. The van der Waals surface area contributed by atoms with Gasteiger partial charge in [-0.2, -0.15) is 0 Å². The number of nitrogens with zero attached hydrogens (tertiary/aromatic N) is 4. The van der Waals surface area contributed by atoms with Crippen LogP contribution in [0.4, 0.5) is 10.9 Å². The van der Waals surface area contributed by atoms with Crippen molar-refractivity contribution in [2.45, 2.75) is 44.7 Å². The minimum atomic E-state index is 0.338. The van der Waals surface area contributed by atoms with Crippen LogP contribution in [0.3, 0.4) is 0 Å². The quantitative estimate of drug-likeness (QED) is 0.917. The molecule has 0 spiro atoms. The molecule has 4 heterocycles. The highest BCUT2D eigenvalue weighted by Gasteiger charge is 2.35. The van der Waals surface area contributed by atoms with Gasteiger partial charge in [0.15, 0.2) is 10.9 Å². The zero-order chi connectivity index (χ0) is 16.4. The largest absolute Gasteiger partial charge is 0.381 e. The van der Waals surface area contributed by atoms with Gasteiger partial charge in [0.25, 0.3) is 0 Å². The molecule has 0 bridgehead atoms. The smallest absolute Gasteiger partial charge is 0.188 e. The van der Waals surface area contributed by atoms with E-state index in [4.69, 9.17) is 4.74 Å². The molecule has 2 aliphatic heterocycles. The van der Waals surface area contributed by atoms with Crippen molar-refractivity contribution in [3.05, 3.63) is 29.2 Å². The highest BCUT2D eigenvalue weighted by molar-refractivity contribution is 7.13. The van der Waals surface area contributed by atoms with E-state index >= 15 is 0 Å². The molecule has 0 amide bonds. The summed E-state index contributed by atoms with van der Waals surface area (Å²) >= 11 is 1.60. The third-order valence-corrected chi connectivity index (χ3v) is 5.72. The summed E-state index contributed by atoms with van der Waals surface area (Å²) in [5.74, 6) is 0.843. The molecule has 2 fully saturated rings. The Bertz CT molecular complexity index is 685. The van der Waals surface area contributed by atoms with Crippen molar-refractivity contribution in [1.29, 1.82) is 0 Å². The second-order valence-electron chi connectivity index (χ2n) is 6.45. The minimum absolute atomic E-state index is 0.338. The molecule has 1 atom stereocenters. The van der Waals surface area contributed by atoms with Gasteiger partial charge < -0.3 is 10.1 Å². The Morgan fingerprint density at radius 2 is 2.04 bits per heavy atom. The number of aromatic nitrogens is 3. The molecule has 7 heteroatoms. The summed E-state index contributed by atoms with van der Waals surface area (Å²) in [6, 6.07) is 0.938. The van der Waals surface area contributed by atoms with Crippen LogP contribution in [-0.2, 0) is 4.74 Å². The first kappa shape index (κ1) is 15.9. The number of aryl methyl sites for hydroxylation is 1. The summed E-state index contributed by atoms with van der Waals surface area (Å²) in [5, 5.41) is 6.30. The van der Waals surface area contributed by atoms with Gasteiger partial charge in [-0.3, -0.25) is 9.88 Å². The van der Waals surface area contributed by atoms with Crippen LogP contribution in [0.15, 0.2) is 17.8 Å². The molecule has 24 heavy (non-hydrogen) atoms. The van der Waals surface area contributed by atoms with E-state index in [9.17, 15) is 0 Å². The van der Waals surface area contributed by atoms with E-state index in [1.165, 1.54) is 6.42 Å². The van der Waals surface area contributed by atoms with Crippen molar-refractivity contribution in [1.82, 2.24) is 19.9 Å². The van der Waals surface area contributed by atoms with Crippen LogP contribution < -0.4 is 5.32 Å². The van der Waals surface area contributed by atoms with E-state index in [2.05, 4.69) is 25.2 Å². The number of rotatable bonds is 4. The second-order valence-corrected chi connectivity index (χ2v) is 7.31. The normalized spacial score (nSPS) is 22.8. The number of nitrogens with one attached hydrogen (secondary N) is 1. The summed E-state index contributed by atoms with van der Waals surface area (Å²) in [6.45, 7) is 4.89. The fraction of sp³-hybridized carbons (Fsp3) is 0.588. The Balaban J connectivity index is 1.58. The molecule has 2 aliphatic rings. The Labute approximate surface area is 146 Å². The summed E-state index contributed by atoms with van der Waals surface area (Å²) < 4.78 is 5.53. The highest BCUT2D eigenvalue weighted by Crippen LogP contribution is 2.38. The van der Waals surface area contributed by atoms with Gasteiger partial charge in [0.2, 0.25) is 0 Å². The topological polar surface area (TPSA) is 63.2 Å². The van der Waals surface area contributed by atoms with Crippen LogP contribution in [-0.4, -0.2) is 45.7 Å². The van der Waals surface area contributed by atoms with Gasteiger partial charge in [-0.25, -0.2) is 9.97 Å². The average molecular weight is 345 g/mol. The lowest BCUT2D eigenvalue weighted by atomic mass is 10.0. The van der Waals surface area contributed by atoms with Crippen molar-refractivity contribution < 1.29 is 4.74 Å². The molecular weight excluding hydrogens is 322 g/mol. The summed E-state index contributed by atoms with van der Waals surface area (Å²) in [6.07, 6.45) is 8.14. The molecule has 2 aromatic heterocycles. The molecule has 0 radical (unpaired) electrons. The number of thiazole rings is 1. The van der Waals surface area contributed by atoms with Gasteiger partial charge >= 0.3 is 0 Å². The molecule has 0 saturated carbocycles. The molecule has 2 saturated heterocycles. The minimum Gasteiger partial charge on any atom is -0.381 e. The van der Waals surface area contributed by atoms with Crippen LogP contribution in [0.2, 0.25) is 0 Å². The van der Waals surface area contributed by atoms with E-state index in [1.807, 2.05) is 12.3 Å². The third-order valence-electron chi connectivity index (χ3n) is 4.84. The maximum absolute atomic E-state index is 5.53. The predicted octanol–water partition coefficient (Wildman–Crippen LogP) is 3.30. The van der Waals surface area contributed by atoms with Crippen molar-refractivity contribution in [3.63, 3.8) is 0 Å². The van der Waals surface area contributed by atoms with E-state index in [-0.39, 0.29) is 0 Å². The van der Waals surface area contributed by atoms with Gasteiger partial charge in [-0.15, -0.1) is 11.3 Å². The first-order valence-corrected chi connectivity index (χ1v) is 9.53. The fourth-order valence-corrected chi connectivity index (χ4v) is 4.43. The van der Waals surface area contributed by atoms with Crippen molar-refractivity contribution in [2.75, 3.05) is 25.1 Å². The molecule has 0 aliphatic carbocycles. The molecular formula is C17H23N5OS. The lowest BCUT2D eigenvalue weighted by Crippen LogP contribution is -2.39.